The van der Waals surface area contributed by atoms with Gasteiger partial charge in [0, 0.05) is 22.5 Å². The molecule has 0 heterocycles. The summed E-state index contributed by atoms with van der Waals surface area (Å²) < 4.78 is 28.9. The first-order valence-corrected chi connectivity index (χ1v) is 12.7. The van der Waals surface area contributed by atoms with Gasteiger partial charge in [0.05, 0.1) is 17.5 Å². The molecule has 0 fully saturated rings. The van der Waals surface area contributed by atoms with E-state index in [1.165, 1.54) is 11.2 Å². The number of carbonyl (C=O) groups is 1. The van der Waals surface area contributed by atoms with Crippen LogP contribution in [0.25, 0.3) is 0 Å². The van der Waals surface area contributed by atoms with Crippen LogP contribution in [0.5, 0.6) is 5.75 Å². The fraction of sp³-hybridized carbons (Fsp3) is 0.208. The maximum absolute atomic E-state index is 12.5. The lowest BCUT2D eigenvalue weighted by Gasteiger charge is -2.15. The van der Waals surface area contributed by atoms with E-state index in [4.69, 9.17) is 4.74 Å². The molecule has 0 aliphatic carbocycles. The second kappa shape index (κ2) is 10.5. The largest absolute Gasteiger partial charge is 0.493 e. The van der Waals surface area contributed by atoms with Gasteiger partial charge in [-0.1, -0.05) is 30.3 Å². The van der Waals surface area contributed by atoms with Crippen LogP contribution in [-0.4, -0.2) is 32.9 Å². The Labute approximate surface area is 187 Å². The molecule has 1 amide bonds. The molecule has 162 valence electrons. The smallest absolute Gasteiger partial charge is 0.251 e. The standard InChI is InChI=1S/C24H25NO4S2/c1-18(19-10-14-23(15-11-19)31(2,27)28)25-24(26)20-8-12-21(13-9-20)29-16-17-30-22-6-4-3-5-7-22/h3-15,18H,16-17H2,1-2H3,(H,25,26)/t18-/m1/s1. The first kappa shape index (κ1) is 22.9. The topological polar surface area (TPSA) is 72.5 Å². The van der Waals surface area contributed by atoms with Crippen molar-refractivity contribution in [2.75, 3.05) is 18.6 Å². The molecular formula is C24H25NO4S2. The summed E-state index contributed by atoms with van der Waals surface area (Å²) in [5.41, 5.74) is 1.36. The molecule has 5 nitrogen and oxygen atoms in total. The predicted molar refractivity (Wildman–Crippen MR) is 125 cm³/mol. The second-order valence-corrected chi connectivity index (χ2v) is 10.3. The van der Waals surface area contributed by atoms with Crippen LogP contribution < -0.4 is 10.1 Å². The molecule has 0 radical (unpaired) electrons. The van der Waals surface area contributed by atoms with Gasteiger partial charge in [0.15, 0.2) is 9.84 Å². The van der Waals surface area contributed by atoms with Gasteiger partial charge in [0.25, 0.3) is 5.91 Å². The molecule has 0 spiro atoms. The number of benzene rings is 3. The van der Waals surface area contributed by atoms with E-state index in [0.29, 0.717) is 12.2 Å². The lowest BCUT2D eigenvalue weighted by atomic mass is 10.1. The van der Waals surface area contributed by atoms with Crippen molar-refractivity contribution in [3.05, 3.63) is 90.0 Å². The lowest BCUT2D eigenvalue weighted by Crippen LogP contribution is -2.26. The van der Waals surface area contributed by atoms with Crippen molar-refractivity contribution in [3.63, 3.8) is 0 Å². The van der Waals surface area contributed by atoms with Gasteiger partial charge in [-0.25, -0.2) is 8.42 Å². The van der Waals surface area contributed by atoms with Crippen molar-refractivity contribution in [1.29, 1.82) is 0 Å². The number of thioether (sulfide) groups is 1. The van der Waals surface area contributed by atoms with Gasteiger partial charge in [0.2, 0.25) is 0 Å². The summed E-state index contributed by atoms with van der Waals surface area (Å²) in [6.07, 6.45) is 1.17. The average Bonchev–Trinajstić information content (AvgIpc) is 2.77. The summed E-state index contributed by atoms with van der Waals surface area (Å²) in [5.74, 6) is 1.35. The number of hydrogen-bond donors (Lipinski definition) is 1. The van der Waals surface area contributed by atoms with Crippen LogP contribution in [0.3, 0.4) is 0 Å². The number of amides is 1. The van der Waals surface area contributed by atoms with E-state index >= 15 is 0 Å². The summed E-state index contributed by atoms with van der Waals surface area (Å²) >= 11 is 1.73. The van der Waals surface area contributed by atoms with E-state index in [-0.39, 0.29) is 16.8 Å². The summed E-state index contributed by atoms with van der Waals surface area (Å²) in [6.45, 7) is 2.43. The van der Waals surface area contributed by atoms with E-state index in [2.05, 4.69) is 17.4 Å². The van der Waals surface area contributed by atoms with Crippen LogP contribution in [0.2, 0.25) is 0 Å². The fourth-order valence-corrected chi connectivity index (χ4v) is 4.29. The fourth-order valence-electron chi connectivity index (χ4n) is 2.91. The molecule has 1 N–H and O–H groups in total. The zero-order valence-electron chi connectivity index (χ0n) is 17.4. The lowest BCUT2D eigenvalue weighted by molar-refractivity contribution is 0.0940. The van der Waals surface area contributed by atoms with Crippen molar-refractivity contribution in [1.82, 2.24) is 5.32 Å². The van der Waals surface area contributed by atoms with Gasteiger partial charge in [-0.15, -0.1) is 11.8 Å². The van der Waals surface area contributed by atoms with E-state index in [1.807, 2.05) is 25.1 Å². The number of hydrogen-bond acceptors (Lipinski definition) is 5. The van der Waals surface area contributed by atoms with E-state index in [1.54, 1.807) is 60.3 Å². The molecule has 0 saturated heterocycles. The Morgan fingerprint density at radius 3 is 2.23 bits per heavy atom. The monoisotopic (exact) mass is 455 g/mol. The van der Waals surface area contributed by atoms with Crippen LogP contribution >= 0.6 is 11.8 Å². The quantitative estimate of drug-likeness (QED) is 0.372. The average molecular weight is 456 g/mol. The van der Waals surface area contributed by atoms with E-state index < -0.39 is 9.84 Å². The Hall–Kier alpha value is -2.77. The van der Waals surface area contributed by atoms with E-state index in [0.717, 1.165) is 17.1 Å². The molecule has 3 aromatic rings. The van der Waals surface area contributed by atoms with Gasteiger partial charge < -0.3 is 10.1 Å². The minimum Gasteiger partial charge on any atom is -0.493 e. The van der Waals surface area contributed by atoms with Crippen LogP contribution in [0.15, 0.2) is 88.7 Å². The number of nitrogens with one attached hydrogen (secondary N) is 1. The normalized spacial score (nSPS) is 12.2. The highest BCUT2D eigenvalue weighted by Gasteiger charge is 2.13. The van der Waals surface area contributed by atoms with Gasteiger partial charge >= 0.3 is 0 Å². The maximum Gasteiger partial charge on any atom is 0.251 e. The predicted octanol–water partition coefficient (Wildman–Crippen LogP) is 4.75. The van der Waals surface area contributed by atoms with Crippen molar-refractivity contribution in [3.8, 4) is 5.75 Å². The third-order valence-corrected chi connectivity index (χ3v) is 6.74. The molecule has 0 saturated carbocycles. The van der Waals surface area contributed by atoms with Crippen molar-refractivity contribution in [2.45, 2.75) is 22.8 Å². The molecule has 0 unspecified atom stereocenters. The van der Waals surface area contributed by atoms with Crippen molar-refractivity contribution >= 4 is 27.5 Å². The maximum atomic E-state index is 12.5. The van der Waals surface area contributed by atoms with Gasteiger partial charge in [-0.05, 0) is 61.0 Å². The summed E-state index contributed by atoms with van der Waals surface area (Å²) in [7, 11) is -3.24. The minimum absolute atomic E-state index is 0.203. The van der Waals surface area contributed by atoms with Crippen LogP contribution in [0, 0.1) is 0 Å². The molecule has 31 heavy (non-hydrogen) atoms. The number of rotatable bonds is 9. The third-order valence-electron chi connectivity index (χ3n) is 4.64. The molecule has 3 rings (SSSR count). The molecule has 3 aromatic carbocycles. The summed E-state index contributed by atoms with van der Waals surface area (Å²) in [6, 6.07) is 23.5. The molecule has 7 heteroatoms. The molecule has 0 aromatic heterocycles. The Balaban J connectivity index is 1.49. The Morgan fingerprint density at radius 1 is 0.968 bits per heavy atom. The molecule has 1 atom stereocenters. The Morgan fingerprint density at radius 2 is 1.61 bits per heavy atom. The molecular weight excluding hydrogens is 430 g/mol. The van der Waals surface area contributed by atoms with Gasteiger partial charge in [-0.3, -0.25) is 4.79 Å². The van der Waals surface area contributed by atoms with Crippen LogP contribution in [0.1, 0.15) is 28.9 Å². The first-order valence-electron chi connectivity index (χ1n) is 9.84. The highest BCUT2D eigenvalue weighted by atomic mass is 32.2. The molecule has 0 aliphatic rings. The van der Waals surface area contributed by atoms with Crippen LogP contribution in [-0.2, 0) is 9.84 Å². The highest BCUT2D eigenvalue weighted by Crippen LogP contribution is 2.19. The van der Waals surface area contributed by atoms with E-state index in [9.17, 15) is 13.2 Å². The van der Waals surface area contributed by atoms with Crippen molar-refractivity contribution in [2.24, 2.45) is 0 Å². The number of carbonyl (C=O) groups excluding carboxylic acids is 1. The Bertz CT molecular complexity index is 1100. The highest BCUT2D eigenvalue weighted by molar-refractivity contribution is 7.99. The third kappa shape index (κ3) is 6.87. The van der Waals surface area contributed by atoms with Crippen LogP contribution in [0.4, 0.5) is 0 Å². The molecule has 0 aliphatic heterocycles. The van der Waals surface area contributed by atoms with Gasteiger partial charge in [0.1, 0.15) is 5.75 Å². The minimum atomic E-state index is -3.24. The number of ether oxygens (including phenoxy) is 1. The molecule has 0 bridgehead atoms. The Kier molecular flexibility index (Phi) is 7.76. The SMILES string of the molecule is C[C@@H](NC(=O)c1ccc(OCCSc2ccccc2)cc1)c1ccc(S(C)(=O)=O)cc1. The van der Waals surface area contributed by atoms with Crippen molar-refractivity contribution < 1.29 is 17.9 Å². The second-order valence-electron chi connectivity index (χ2n) is 7.07. The van der Waals surface area contributed by atoms with Gasteiger partial charge in [-0.2, -0.15) is 0 Å². The summed E-state index contributed by atoms with van der Waals surface area (Å²) in [4.78, 5) is 14.0. The first-order chi connectivity index (χ1) is 14.8. The number of sulfone groups is 1. The zero-order valence-corrected chi connectivity index (χ0v) is 19.1. The summed E-state index contributed by atoms with van der Waals surface area (Å²) in [5, 5.41) is 2.93. The zero-order chi connectivity index (χ0) is 22.3.